The summed E-state index contributed by atoms with van der Waals surface area (Å²) in [5, 5.41) is 0. The zero-order valence-electron chi connectivity index (χ0n) is 7.59. The minimum Gasteiger partial charge on any atom is -0.345 e. The maximum absolute atomic E-state index is 4.23. The van der Waals surface area contributed by atoms with Crippen molar-refractivity contribution in [1.82, 2.24) is 9.97 Å². The fourth-order valence-electron chi connectivity index (χ4n) is 1.22. The van der Waals surface area contributed by atoms with Crippen LogP contribution in [0.2, 0.25) is 0 Å². The van der Waals surface area contributed by atoms with Gasteiger partial charge in [-0.1, -0.05) is 19.6 Å². The highest BCUT2D eigenvalue weighted by molar-refractivity contribution is 5.69. The zero-order valence-corrected chi connectivity index (χ0v) is 7.59. The van der Waals surface area contributed by atoms with Crippen LogP contribution in [0.1, 0.15) is 31.7 Å². The third-order valence-corrected chi connectivity index (χ3v) is 1.91. The lowest BCUT2D eigenvalue weighted by molar-refractivity contribution is 1.19. The van der Waals surface area contributed by atoms with E-state index in [-0.39, 0.29) is 0 Å². The van der Waals surface area contributed by atoms with Gasteiger partial charge in [0.2, 0.25) is 0 Å². The van der Waals surface area contributed by atoms with E-state index in [4.69, 9.17) is 0 Å². The number of hydrogen-bond acceptors (Lipinski definition) is 1. The molecule has 0 amide bonds. The first-order chi connectivity index (χ1) is 5.83. The first-order valence-electron chi connectivity index (χ1n) is 4.14. The van der Waals surface area contributed by atoms with Gasteiger partial charge in [-0.3, -0.25) is 0 Å². The molecule has 2 heteroatoms. The van der Waals surface area contributed by atoms with Gasteiger partial charge < -0.3 is 4.98 Å². The molecular formula is C10H14N2. The molecule has 1 N–H and O–H groups in total. The summed E-state index contributed by atoms with van der Waals surface area (Å²) >= 11 is 0. The Morgan fingerprint density at radius 3 is 3.00 bits per heavy atom. The van der Waals surface area contributed by atoms with Gasteiger partial charge in [0.15, 0.2) is 0 Å². The van der Waals surface area contributed by atoms with Crippen LogP contribution in [0.15, 0.2) is 19.0 Å². The second-order valence-corrected chi connectivity index (χ2v) is 2.54. The number of hydrogen-bond donors (Lipinski definition) is 1. The summed E-state index contributed by atoms with van der Waals surface area (Å²) in [7, 11) is 0. The maximum atomic E-state index is 4.23. The van der Waals surface area contributed by atoms with Gasteiger partial charge in [0.05, 0.1) is 17.7 Å². The lowest BCUT2D eigenvalue weighted by Gasteiger charge is -2.00. The van der Waals surface area contributed by atoms with Crippen molar-refractivity contribution in [2.24, 2.45) is 0 Å². The van der Waals surface area contributed by atoms with Crippen molar-refractivity contribution in [2.45, 2.75) is 20.3 Å². The van der Waals surface area contributed by atoms with Gasteiger partial charge >= 0.3 is 0 Å². The summed E-state index contributed by atoms with van der Waals surface area (Å²) in [6.45, 7) is 7.87. The summed E-state index contributed by atoms with van der Waals surface area (Å²) in [5.41, 5.74) is 3.28. The summed E-state index contributed by atoms with van der Waals surface area (Å²) in [4.78, 5) is 7.27. The second-order valence-electron chi connectivity index (χ2n) is 2.54. The maximum Gasteiger partial charge on any atom is 0.0931 e. The average molecular weight is 162 g/mol. The quantitative estimate of drug-likeness (QED) is 0.727. The van der Waals surface area contributed by atoms with Crippen LogP contribution < -0.4 is 0 Å². The molecule has 0 aliphatic rings. The predicted molar refractivity (Wildman–Crippen MR) is 52.6 cm³/mol. The molecule has 0 aliphatic carbocycles. The van der Waals surface area contributed by atoms with Crippen molar-refractivity contribution in [2.75, 3.05) is 0 Å². The molecule has 0 aliphatic heterocycles. The van der Waals surface area contributed by atoms with Crippen LogP contribution in [0.25, 0.3) is 11.6 Å². The van der Waals surface area contributed by atoms with E-state index >= 15 is 0 Å². The molecule has 0 fully saturated rings. The van der Waals surface area contributed by atoms with E-state index < -0.39 is 0 Å². The van der Waals surface area contributed by atoms with Gasteiger partial charge in [-0.25, -0.2) is 4.98 Å². The normalized spacial score (nSPS) is 11.7. The van der Waals surface area contributed by atoms with Crippen molar-refractivity contribution in [3.05, 3.63) is 30.4 Å². The smallest absolute Gasteiger partial charge is 0.0931 e. The van der Waals surface area contributed by atoms with Gasteiger partial charge in [0, 0.05) is 0 Å². The highest BCUT2D eigenvalue weighted by Crippen LogP contribution is 2.18. The summed E-state index contributed by atoms with van der Waals surface area (Å²) < 4.78 is 0. The van der Waals surface area contributed by atoms with E-state index in [2.05, 4.69) is 29.5 Å². The molecule has 1 rings (SSSR count). The lowest BCUT2D eigenvalue weighted by Crippen LogP contribution is -1.85. The minimum absolute atomic E-state index is 1.00. The number of H-pyrrole nitrogens is 1. The van der Waals surface area contributed by atoms with Crippen molar-refractivity contribution >= 4 is 11.6 Å². The van der Waals surface area contributed by atoms with Crippen LogP contribution in [0, 0.1) is 0 Å². The van der Waals surface area contributed by atoms with Crippen molar-refractivity contribution in [1.29, 1.82) is 0 Å². The van der Waals surface area contributed by atoms with E-state index in [0.717, 1.165) is 17.8 Å². The van der Waals surface area contributed by atoms with Gasteiger partial charge in [0.1, 0.15) is 0 Å². The second kappa shape index (κ2) is 3.90. The Morgan fingerprint density at radius 1 is 1.75 bits per heavy atom. The van der Waals surface area contributed by atoms with E-state index in [1.807, 2.05) is 6.92 Å². The first-order valence-corrected chi connectivity index (χ1v) is 4.14. The molecule has 64 valence electrons. The number of aromatic amines is 1. The Hall–Kier alpha value is -1.31. The third kappa shape index (κ3) is 1.47. The first kappa shape index (κ1) is 8.78. The fourth-order valence-corrected chi connectivity index (χ4v) is 1.22. The molecule has 12 heavy (non-hydrogen) atoms. The molecule has 0 atom stereocenters. The number of nitrogens with zero attached hydrogens (tertiary/aromatic N) is 1. The monoisotopic (exact) mass is 162 g/mol. The summed E-state index contributed by atoms with van der Waals surface area (Å²) in [6, 6.07) is 0. The Morgan fingerprint density at radius 2 is 2.50 bits per heavy atom. The SMILES string of the molecule is C=Cc1[nH]cnc1/C(=C\C)CC. The Balaban J connectivity index is 3.08. The van der Waals surface area contributed by atoms with Gasteiger partial charge in [-0.15, -0.1) is 0 Å². The van der Waals surface area contributed by atoms with E-state index in [1.165, 1.54) is 5.57 Å². The Bertz CT molecular complexity index is 295. The zero-order chi connectivity index (χ0) is 8.97. The molecule has 0 saturated carbocycles. The van der Waals surface area contributed by atoms with Crippen LogP contribution in [0.4, 0.5) is 0 Å². The van der Waals surface area contributed by atoms with Crippen LogP contribution in [-0.2, 0) is 0 Å². The fraction of sp³-hybridized carbons (Fsp3) is 0.300. The van der Waals surface area contributed by atoms with Crippen LogP contribution in [-0.4, -0.2) is 9.97 Å². The molecule has 0 spiro atoms. The molecule has 1 aromatic rings. The van der Waals surface area contributed by atoms with E-state index in [9.17, 15) is 0 Å². The largest absolute Gasteiger partial charge is 0.345 e. The highest BCUT2D eigenvalue weighted by atomic mass is 14.9. The van der Waals surface area contributed by atoms with Gasteiger partial charge in [-0.05, 0) is 25.0 Å². The molecule has 0 unspecified atom stereocenters. The summed E-state index contributed by atoms with van der Waals surface area (Å²) in [5.74, 6) is 0. The molecule has 0 radical (unpaired) electrons. The number of imidazole rings is 1. The Kier molecular flexibility index (Phi) is 2.86. The van der Waals surface area contributed by atoms with Crippen LogP contribution in [0.5, 0.6) is 0 Å². The Labute approximate surface area is 73.0 Å². The van der Waals surface area contributed by atoms with Gasteiger partial charge in [0.25, 0.3) is 0 Å². The van der Waals surface area contributed by atoms with E-state index in [0.29, 0.717) is 0 Å². The number of allylic oxidation sites excluding steroid dienone is 2. The molecule has 1 heterocycles. The number of rotatable bonds is 3. The molecule has 0 saturated heterocycles. The standard InChI is InChI=1S/C10H14N2/c1-4-8(5-2)10-9(6-3)11-7-12-10/h4,6-7H,3,5H2,1-2H3,(H,11,12)/b8-4-. The van der Waals surface area contributed by atoms with E-state index in [1.54, 1.807) is 12.4 Å². The molecule has 0 aromatic carbocycles. The van der Waals surface area contributed by atoms with Crippen LogP contribution >= 0.6 is 0 Å². The number of aromatic nitrogens is 2. The predicted octanol–water partition coefficient (Wildman–Crippen LogP) is 2.87. The highest BCUT2D eigenvalue weighted by Gasteiger charge is 2.04. The topological polar surface area (TPSA) is 28.7 Å². The van der Waals surface area contributed by atoms with Crippen molar-refractivity contribution in [3.8, 4) is 0 Å². The molecular weight excluding hydrogens is 148 g/mol. The lowest BCUT2D eigenvalue weighted by atomic mass is 10.1. The van der Waals surface area contributed by atoms with Crippen molar-refractivity contribution < 1.29 is 0 Å². The summed E-state index contributed by atoms with van der Waals surface area (Å²) in [6.07, 6.45) is 6.58. The minimum atomic E-state index is 1.00. The third-order valence-electron chi connectivity index (χ3n) is 1.91. The van der Waals surface area contributed by atoms with Crippen molar-refractivity contribution in [3.63, 3.8) is 0 Å². The molecule has 1 aromatic heterocycles. The van der Waals surface area contributed by atoms with Crippen LogP contribution in [0.3, 0.4) is 0 Å². The molecule has 2 nitrogen and oxygen atoms in total. The number of nitrogens with one attached hydrogen (secondary N) is 1. The molecule has 0 bridgehead atoms. The van der Waals surface area contributed by atoms with Gasteiger partial charge in [-0.2, -0.15) is 0 Å². The average Bonchev–Trinajstić information content (AvgIpc) is 2.55.